The van der Waals surface area contributed by atoms with E-state index in [1.54, 1.807) is 17.6 Å². The highest BCUT2D eigenvalue weighted by Crippen LogP contribution is 2.35. The first-order chi connectivity index (χ1) is 8.75. The van der Waals surface area contributed by atoms with Crippen molar-refractivity contribution in [2.24, 2.45) is 4.99 Å². The van der Waals surface area contributed by atoms with E-state index in [0.29, 0.717) is 5.29 Å². The number of thiophene rings is 1. The molecular weight excluding hydrogens is 268 g/mol. The molecule has 2 aromatic rings. The number of nitrogens with one attached hydrogen (secondary N) is 1. The molecule has 0 amide bonds. The second-order valence-corrected chi connectivity index (χ2v) is 5.30. The average Bonchev–Trinajstić information content (AvgIpc) is 3.02. The molecule has 1 N–H and O–H groups in total. The van der Waals surface area contributed by atoms with Crippen molar-refractivity contribution in [1.29, 1.82) is 0 Å². The maximum absolute atomic E-state index is 6.07. The van der Waals surface area contributed by atoms with Gasteiger partial charge in [-0.2, -0.15) is 0 Å². The molecule has 0 aromatic carbocycles. The molecule has 0 bridgehead atoms. The van der Waals surface area contributed by atoms with Crippen LogP contribution in [-0.4, -0.2) is 5.29 Å². The average molecular weight is 279 g/mol. The van der Waals surface area contributed by atoms with Gasteiger partial charge in [-0.25, -0.2) is 4.99 Å². The minimum atomic E-state index is -0.147. The number of hydrogen-bond donors (Lipinski definition) is 1. The Morgan fingerprint density at radius 3 is 2.94 bits per heavy atom. The third kappa shape index (κ3) is 1.98. The zero-order valence-electron chi connectivity index (χ0n) is 9.68. The van der Waals surface area contributed by atoms with Crippen molar-refractivity contribution < 1.29 is 4.42 Å². The number of hydrogen-bond acceptors (Lipinski definition) is 4. The maximum atomic E-state index is 6.07. The second-order valence-electron chi connectivity index (χ2n) is 4.00. The lowest BCUT2D eigenvalue weighted by atomic mass is 10.0. The van der Waals surface area contributed by atoms with Crippen molar-refractivity contribution in [3.05, 3.63) is 52.1 Å². The van der Waals surface area contributed by atoms with E-state index < -0.39 is 0 Å². The summed E-state index contributed by atoms with van der Waals surface area (Å²) >= 11 is 7.74. The van der Waals surface area contributed by atoms with Crippen molar-refractivity contribution >= 4 is 33.9 Å². The van der Waals surface area contributed by atoms with Crippen LogP contribution < -0.4 is 5.32 Å². The van der Waals surface area contributed by atoms with Gasteiger partial charge in [-0.1, -0.05) is 6.07 Å². The number of furan rings is 1. The highest BCUT2D eigenvalue weighted by molar-refractivity contribution is 7.11. The van der Waals surface area contributed by atoms with E-state index in [2.05, 4.69) is 16.4 Å². The zero-order chi connectivity index (χ0) is 12.5. The van der Waals surface area contributed by atoms with Gasteiger partial charge in [0, 0.05) is 0 Å². The molecule has 0 radical (unpaired) electrons. The monoisotopic (exact) mass is 278 g/mol. The molecule has 0 spiro atoms. The van der Waals surface area contributed by atoms with Crippen LogP contribution >= 0.6 is 22.9 Å². The summed E-state index contributed by atoms with van der Waals surface area (Å²) in [6.07, 6.45) is 1.65. The lowest BCUT2D eigenvalue weighted by Crippen LogP contribution is -2.24. The lowest BCUT2D eigenvalue weighted by Gasteiger charge is -2.22. The van der Waals surface area contributed by atoms with Crippen molar-refractivity contribution in [3.63, 3.8) is 0 Å². The highest BCUT2D eigenvalue weighted by Gasteiger charge is 2.25. The standard InChI is InChI=1S/C13H11ClN2OS/c1-8-11(9-4-2-6-17-9)15-13(14)16-12(8)10-5-3-7-18-10/h2-7,11H,1H3,(H,15,16). The Morgan fingerprint density at radius 1 is 1.39 bits per heavy atom. The summed E-state index contributed by atoms with van der Waals surface area (Å²) in [7, 11) is 0. The van der Waals surface area contributed by atoms with E-state index in [1.165, 1.54) is 0 Å². The zero-order valence-corrected chi connectivity index (χ0v) is 11.3. The van der Waals surface area contributed by atoms with Crippen LogP contribution in [0, 0.1) is 0 Å². The summed E-state index contributed by atoms with van der Waals surface area (Å²) in [4.78, 5) is 5.54. The summed E-state index contributed by atoms with van der Waals surface area (Å²) in [5.41, 5.74) is 2.13. The van der Waals surface area contributed by atoms with Crippen LogP contribution in [0.2, 0.25) is 0 Å². The van der Waals surface area contributed by atoms with Gasteiger partial charge < -0.3 is 9.73 Å². The van der Waals surface area contributed by atoms with Gasteiger partial charge in [0.1, 0.15) is 11.8 Å². The normalized spacial score (nSPS) is 19.7. The first-order valence-electron chi connectivity index (χ1n) is 5.54. The second kappa shape index (κ2) is 4.63. The molecule has 18 heavy (non-hydrogen) atoms. The van der Waals surface area contributed by atoms with Crippen LogP contribution in [-0.2, 0) is 0 Å². The topological polar surface area (TPSA) is 37.5 Å². The van der Waals surface area contributed by atoms with Gasteiger partial charge in [0.2, 0.25) is 0 Å². The van der Waals surface area contributed by atoms with Gasteiger partial charge in [-0.05, 0) is 47.7 Å². The number of halogens is 1. The molecule has 1 aliphatic heterocycles. The van der Waals surface area contributed by atoms with E-state index in [0.717, 1.165) is 21.9 Å². The van der Waals surface area contributed by atoms with E-state index in [-0.39, 0.29) is 6.04 Å². The van der Waals surface area contributed by atoms with Gasteiger partial charge in [-0.15, -0.1) is 11.3 Å². The summed E-state index contributed by atoms with van der Waals surface area (Å²) < 4.78 is 5.43. The molecule has 1 atom stereocenters. The Labute approximate surface area is 114 Å². The van der Waals surface area contributed by atoms with Crippen LogP contribution in [0.3, 0.4) is 0 Å². The number of rotatable bonds is 2. The van der Waals surface area contributed by atoms with Gasteiger partial charge >= 0.3 is 0 Å². The molecular formula is C13H11ClN2OS. The van der Waals surface area contributed by atoms with Crippen molar-refractivity contribution in [1.82, 2.24) is 5.32 Å². The molecule has 0 aliphatic carbocycles. The minimum absolute atomic E-state index is 0.147. The minimum Gasteiger partial charge on any atom is -0.467 e. The SMILES string of the molecule is CC1=C(c2cccs2)NC(Cl)=NC1c1ccco1. The smallest absolute Gasteiger partial charge is 0.196 e. The summed E-state index contributed by atoms with van der Waals surface area (Å²) in [6.45, 7) is 2.04. The van der Waals surface area contributed by atoms with E-state index in [4.69, 9.17) is 16.0 Å². The predicted molar refractivity (Wildman–Crippen MR) is 74.8 cm³/mol. The molecule has 5 heteroatoms. The fourth-order valence-electron chi connectivity index (χ4n) is 1.98. The van der Waals surface area contributed by atoms with Crippen molar-refractivity contribution in [2.75, 3.05) is 0 Å². The molecule has 3 heterocycles. The fourth-order valence-corrected chi connectivity index (χ4v) is 2.96. The molecule has 1 aliphatic rings. The van der Waals surface area contributed by atoms with Crippen LogP contribution in [0.15, 0.2) is 50.9 Å². The third-order valence-corrected chi connectivity index (χ3v) is 3.93. The molecule has 0 saturated heterocycles. The third-order valence-electron chi connectivity index (χ3n) is 2.86. The Balaban J connectivity index is 2.06. The molecule has 92 valence electrons. The molecule has 3 nitrogen and oxygen atoms in total. The van der Waals surface area contributed by atoms with Crippen LogP contribution in [0.4, 0.5) is 0 Å². The first kappa shape index (κ1) is 11.6. The van der Waals surface area contributed by atoms with Crippen LogP contribution in [0.25, 0.3) is 5.70 Å². The number of nitrogens with zero attached hydrogens (tertiary/aromatic N) is 1. The molecule has 0 saturated carbocycles. The molecule has 0 fully saturated rings. The molecule has 2 aromatic heterocycles. The van der Waals surface area contributed by atoms with Gasteiger partial charge in [0.25, 0.3) is 0 Å². The van der Waals surface area contributed by atoms with Crippen molar-refractivity contribution in [2.45, 2.75) is 13.0 Å². The molecule has 1 unspecified atom stereocenters. The first-order valence-corrected chi connectivity index (χ1v) is 6.80. The van der Waals surface area contributed by atoms with Gasteiger partial charge in [0.15, 0.2) is 5.29 Å². The lowest BCUT2D eigenvalue weighted by molar-refractivity contribution is 0.487. The number of aliphatic imine (C=N–C) groups is 1. The Hall–Kier alpha value is -1.52. The summed E-state index contributed by atoms with van der Waals surface area (Å²) in [6, 6.07) is 7.71. The summed E-state index contributed by atoms with van der Waals surface area (Å²) in [5, 5.41) is 5.56. The number of amidine groups is 1. The fraction of sp³-hybridized carbons (Fsp3) is 0.154. The van der Waals surface area contributed by atoms with Crippen LogP contribution in [0.1, 0.15) is 23.6 Å². The largest absolute Gasteiger partial charge is 0.467 e. The predicted octanol–water partition coefficient (Wildman–Crippen LogP) is 4.01. The van der Waals surface area contributed by atoms with E-state index in [1.807, 2.05) is 30.5 Å². The Bertz CT molecular complexity index is 599. The highest BCUT2D eigenvalue weighted by atomic mass is 35.5. The van der Waals surface area contributed by atoms with E-state index >= 15 is 0 Å². The quantitative estimate of drug-likeness (QED) is 0.843. The Morgan fingerprint density at radius 2 is 2.28 bits per heavy atom. The van der Waals surface area contributed by atoms with Gasteiger partial charge in [-0.3, -0.25) is 0 Å². The molecule has 3 rings (SSSR count). The van der Waals surface area contributed by atoms with Crippen molar-refractivity contribution in [3.8, 4) is 0 Å². The van der Waals surface area contributed by atoms with Gasteiger partial charge in [0.05, 0.1) is 16.8 Å². The van der Waals surface area contributed by atoms with E-state index in [9.17, 15) is 0 Å². The van der Waals surface area contributed by atoms with Crippen LogP contribution in [0.5, 0.6) is 0 Å². The summed E-state index contributed by atoms with van der Waals surface area (Å²) in [5.74, 6) is 0.807. The Kier molecular flexibility index (Phi) is 2.97. The maximum Gasteiger partial charge on any atom is 0.196 e.